The summed E-state index contributed by atoms with van der Waals surface area (Å²) in [6, 6.07) is 2.07. The van der Waals surface area contributed by atoms with Gasteiger partial charge in [-0.3, -0.25) is 4.90 Å². The van der Waals surface area contributed by atoms with E-state index in [0.29, 0.717) is 13.1 Å². The highest BCUT2D eigenvalue weighted by atomic mass is 32.1. The topological polar surface area (TPSA) is 47.3 Å². The van der Waals surface area contributed by atoms with Crippen molar-refractivity contribution in [1.29, 1.82) is 5.26 Å². The second-order valence-corrected chi connectivity index (χ2v) is 3.64. The van der Waals surface area contributed by atoms with Gasteiger partial charge < -0.3 is 5.11 Å². The number of hydrogen-bond acceptors (Lipinski definition) is 4. The predicted molar refractivity (Wildman–Crippen MR) is 45.1 cm³/mol. The van der Waals surface area contributed by atoms with E-state index in [0.717, 1.165) is 0 Å². The summed E-state index contributed by atoms with van der Waals surface area (Å²) >= 11 is 4.22. The Morgan fingerprint density at radius 3 is 2.64 bits per heavy atom. The van der Waals surface area contributed by atoms with Crippen molar-refractivity contribution in [3.8, 4) is 6.07 Å². The van der Waals surface area contributed by atoms with Crippen LogP contribution in [0.3, 0.4) is 0 Å². The molecule has 1 fully saturated rings. The summed E-state index contributed by atoms with van der Waals surface area (Å²) in [7, 11) is 0. The van der Waals surface area contributed by atoms with E-state index in [1.165, 1.54) is 0 Å². The first-order valence-corrected chi connectivity index (χ1v) is 4.16. The third-order valence-electron chi connectivity index (χ3n) is 2.01. The molecular weight excluding hydrogens is 160 g/mol. The third-order valence-corrected chi connectivity index (χ3v) is 2.34. The molecule has 1 unspecified atom stereocenters. The molecule has 0 spiro atoms. The molecule has 0 aliphatic carbocycles. The van der Waals surface area contributed by atoms with E-state index in [4.69, 9.17) is 5.26 Å². The van der Waals surface area contributed by atoms with Crippen molar-refractivity contribution in [2.75, 3.05) is 13.1 Å². The molecule has 1 aliphatic heterocycles. The van der Waals surface area contributed by atoms with Crippen LogP contribution in [0.25, 0.3) is 0 Å². The standard InChI is InChI=1S/C7H12N2OS/c1-5(11)9-3-6(2-8)7(10)4-9/h5-7,10-11H,3-4H2,1H3/t5?,6-,7-/m1/s1. The van der Waals surface area contributed by atoms with Gasteiger partial charge in [-0.1, -0.05) is 0 Å². The molecule has 1 N–H and O–H groups in total. The van der Waals surface area contributed by atoms with Crippen molar-refractivity contribution in [3.63, 3.8) is 0 Å². The van der Waals surface area contributed by atoms with E-state index in [9.17, 15) is 5.11 Å². The number of nitriles is 1. The second kappa shape index (κ2) is 3.44. The molecule has 0 aromatic heterocycles. The molecule has 0 aromatic carbocycles. The molecule has 0 aromatic rings. The molecule has 1 heterocycles. The minimum absolute atomic E-state index is 0.128. The fourth-order valence-electron chi connectivity index (χ4n) is 1.25. The van der Waals surface area contributed by atoms with Gasteiger partial charge in [-0.25, -0.2) is 0 Å². The van der Waals surface area contributed by atoms with Gasteiger partial charge in [0.15, 0.2) is 0 Å². The molecule has 0 saturated carbocycles. The molecule has 1 aliphatic rings. The fourth-order valence-corrected chi connectivity index (χ4v) is 1.44. The highest BCUT2D eigenvalue weighted by molar-refractivity contribution is 7.80. The summed E-state index contributed by atoms with van der Waals surface area (Å²) in [6.45, 7) is 3.15. The Kier molecular flexibility index (Phi) is 2.77. The first-order valence-electron chi connectivity index (χ1n) is 3.65. The number of nitrogens with zero attached hydrogens (tertiary/aromatic N) is 2. The van der Waals surface area contributed by atoms with Gasteiger partial charge in [-0.15, -0.1) is 0 Å². The van der Waals surface area contributed by atoms with Crippen LogP contribution < -0.4 is 0 Å². The monoisotopic (exact) mass is 172 g/mol. The molecule has 1 saturated heterocycles. The van der Waals surface area contributed by atoms with Crippen LogP contribution in [0, 0.1) is 17.2 Å². The van der Waals surface area contributed by atoms with Crippen molar-refractivity contribution in [3.05, 3.63) is 0 Å². The zero-order valence-electron chi connectivity index (χ0n) is 6.44. The first kappa shape index (κ1) is 8.85. The molecule has 3 atom stereocenters. The first-order chi connectivity index (χ1) is 5.15. The normalized spacial score (nSPS) is 35.1. The van der Waals surface area contributed by atoms with Gasteiger partial charge >= 0.3 is 0 Å². The predicted octanol–water partition coefficient (Wildman–Crippen LogP) is 0.0785. The SMILES string of the molecule is CC(S)N1C[C@@H](O)[C@H](C#N)C1. The Morgan fingerprint density at radius 2 is 2.36 bits per heavy atom. The summed E-state index contributed by atoms with van der Waals surface area (Å²) in [5, 5.41) is 18.0. The Hall–Kier alpha value is -0.240. The van der Waals surface area contributed by atoms with E-state index < -0.39 is 6.10 Å². The maximum atomic E-state index is 9.31. The van der Waals surface area contributed by atoms with E-state index in [1.54, 1.807) is 0 Å². The molecule has 1 rings (SSSR count). The third kappa shape index (κ3) is 1.86. The van der Waals surface area contributed by atoms with E-state index in [1.807, 2.05) is 11.8 Å². The molecule has 0 radical (unpaired) electrons. The lowest BCUT2D eigenvalue weighted by molar-refractivity contribution is 0.158. The highest BCUT2D eigenvalue weighted by Gasteiger charge is 2.32. The summed E-state index contributed by atoms with van der Waals surface area (Å²) < 4.78 is 0. The average molecular weight is 172 g/mol. The van der Waals surface area contributed by atoms with Crippen molar-refractivity contribution in [2.24, 2.45) is 5.92 Å². The molecule has 0 amide bonds. The Balaban J connectivity index is 2.51. The maximum absolute atomic E-state index is 9.31. The van der Waals surface area contributed by atoms with Crippen LogP contribution >= 0.6 is 12.6 Å². The van der Waals surface area contributed by atoms with Gasteiger partial charge in [-0.05, 0) is 6.92 Å². The number of rotatable bonds is 1. The van der Waals surface area contributed by atoms with Gasteiger partial charge in [-0.2, -0.15) is 17.9 Å². The van der Waals surface area contributed by atoms with Gasteiger partial charge in [0.1, 0.15) is 0 Å². The summed E-state index contributed by atoms with van der Waals surface area (Å²) in [5.41, 5.74) is 0. The van der Waals surface area contributed by atoms with Crippen LogP contribution in [-0.4, -0.2) is 34.6 Å². The zero-order chi connectivity index (χ0) is 8.43. The van der Waals surface area contributed by atoms with Gasteiger partial charge in [0.2, 0.25) is 0 Å². The van der Waals surface area contributed by atoms with Crippen LogP contribution in [0.4, 0.5) is 0 Å². The fraction of sp³-hybridized carbons (Fsp3) is 0.857. The summed E-state index contributed by atoms with van der Waals surface area (Å²) in [6.07, 6.45) is -0.491. The Labute approximate surface area is 72.0 Å². The Bertz CT molecular complexity index is 178. The minimum Gasteiger partial charge on any atom is -0.390 e. The van der Waals surface area contributed by atoms with Crippen LogP contribution in [-0.2, 0) is 0 Å². The smallest absolute Gasteiger partial charge is 0.0862 e. The van der Waals surface area contributed by atoms with Gasteiger partial charge in [0, 0.05) is 13.1 Å². The number of β-amino-alcohol motifs (C(OH)–C–C–N with tert-alkyl or cyclic N) is 1. The van der Waals surface area contributed by atoms with Crippen molar-refractivity contribution in [2.45, 2.75) is 18.4 Å². The van der Waals surface area contributed by atoms with Crippen LogP contribution in [0.15, 0.2) is 0 Å². The molecule has 3 nitrogen and oxygen atoms in total. The van der Waals surface area contributed by atoms with Crippen LogP contribution in [0.5, 0.6) is 0 Å². The van der Waals surface area contributed by atoms with Crippen LogP contribution in [0.1, 0.15) is 6.92 Å². The molecular formula is C7H12N2OS. The maximum Gasteiger partial charge on any atom is 0.0862 e. The largest absolute Gasteiger partial charge is 0.390 e. The average Bonchev–Trinajstić information content (AvgIpc) is 2.31. The van der Waals surface area contributed by atoms with Crippen molar-refractivity contribution in [1.82, 2.24) is 4.90 Å². The lowest BCUT2D eigenvalue weighted by atomic mass is 10.1. The number of aliphatic hydroxyl groups is 1. The molecule has 62 valence electrons. The van der Waals surface area contributed by atoms with E-state index >= 15 is 0 Å². The number of hydrogen-bond donors (Lipinski definition) is 2. The second-order valence-electron chi connectivity index (χ2n) is 2.89. The number of likely N-dealkylation sites (tertiary alicyclic amines) is 1. The molecule has 11 heavy (non-hydrogen) atoms. The lowest BCUT2D eigenvalue weighted by Crippen LogP contribution is -2.27. The quantitative estimate of drug-likeness (QED) is 0.551. The lowest BCUT2D eigenvalue weighted by Gasteiger charge is -2.17. The molecule has 4 heteroatoms. The highest BCUT2D eigenvalue weighted by Crippen LogP contribution is 2.19. The van der Waals surface area contributed by atoms with Gasteiger partial charge in [0.25, 0.3) is 0 Å². The number of thiol groups is 1. The zero-order valence-corrected chi connectivity index (χ0v) is 7.33. The van der Waals surface area contributed by atoms with E-state index in [-0.39, 0.29) is 11.3 Å². The van der Waals surface area contributed by atoms with Gasteiger partial charge in [0.05, 0.1) is 23.5 Å². The van der Waals surface area contributed by atoms with E-state index in [2.05, 4.69) is 18.7 Å². The van der Waals surface area contributed by atoms with Crippen molar-refractivity contribution >= 4 is 12.6 Å². The summed E-state index contributed by atoms with van der Waals surface area (Å²) in [4.78, 5) is 1.99. The summed E-state index contributed by atoms with van der Waals surface area (Å²) in [5.74, 6) is -0.232. The number of aliphatic hydroxyl groups excluding tert-OH is 1. The molecule has 0 bridgehead atoms. The van der Waals surface area contributed by atoms with Crippen LogP contribution in [0.2, 0.25) is 0 Å². The minimum atomic E-state index is -0.491. The van der Waals surface area contributed by atoms with Crippen molar-refractivity contribution < 1.29 is 5.11 Å². The Morgan fingerprint density at radius 1 is 1.73 bits per heavy atom.